The molecule has 0 unspecified atom stereocenters. The van der Waals surface area contributed by atoms with Gasteiger partial charge in [0.1, 0.15) is 17.4 Å². The summed E-state index contributed by atoms with van der Waals surface area (Å²) in [6.45, 7) is 0. The minimum atomic E-state index is -0.461. The summed E-state index contributed by atoms with van der Waals surface area (Å²) in [5, 5.41) is 6.73. The average molecular weight is 441 g/mol. The van der Waals surface area contributed by atoms with Crippen molar-refractivity contribution in [3.8, 4) is 5.75 Å². The van der Waals surface area contributed by atoms with Crippen molar-refractivity contribution in [2.75, 3.05) is 0 Å². The highest BCUT2D eigenvalue weighted by Gasteiger charge is 2.41. The molecule has 28 heavy (non-hydrogen) atoms. The minimum Gasteiger partial charge on any atom is -0.464 e. The number of hydrazone groups is 1. The number of hydrogen-bond donors (Lipinski definition) is 0. The Morgan fingerprint density at radius 3 is 2.32 bits per heavy atom. The summed E-state index contributed by atoms with van der Waals surface area (Å²) in [4.78, 5) is 0. The van der Waals surface area contributed by atoms with Crippen LogP contribution < -0.4 is 4.74 Å². The van der Waals surface area contributed by atoms with E-state index in [1.54, 1.807) is 24.3 Å². The first-order valence-corrected chi connectivity index (χ1v) is 9.71. The summed E-state index contributed by atoms with van der Waals surface area (Å²) >= 11 is 3.53. The Kier molecular flexibility index (Phi) is 4.16. The van der Waals surface area contributed by atoms with Crippen LogP contribution >= 0.6 is 15.9 Å². The largest absolute Gasteiger partial charge is 0.464 e. The molecule has 0 N–H and O–H groups in total. The fourth-order valence-electron chi connectivity index (χ4n) is 3.72. The Hall–Kier alpha value is -2.73. The molecule has 0 bridgehead atoms. The van der Waals surface area contributed by atoms with Crippen molar-refractivity contribution < 1.29 is 13.5 Å². The van der Waals surface area contributed by atoms with Gasteiger partial charge in [-0.1, -0.05) is 40.2 Å². The predicted molar refractivity (Wildman–Crippen MR) is 106 cm³/mol. The molecule has 6 heteroatoms. The Morgan fingerprint density at radius 2 is 1.61 bits per heavy atom. The number of ether oxygens (including phenoxy) is 1. The summed E-state index contributed by atoms with van der Waals surface area (Å²) in [5.41, 5.74) is 3.61. The van der Waals surface area contributed by atoms with Crippen LogP contribution in [0.4, 0.5) is 8.78 Å². The topological polar surface area (TPSA) is 24.8 Å². The number of halogens is 3. The van der Waals surface area contributed by atoms with Crippen LogP contribution in [-0.2, 0) is 0 Å². The monoisotopic (exact) mass is 440 g/mol. The van der Waals surface area contributed by atoms with Gasteiger partial charge < -0.3 is 4.74 Å². The van der Waals surface area contributed by atoms with Gasteiger partial charge in [-0.25, -0.2) is 13.8 Å². The number of fused-ring (bicyclic) bond motifs is 3. The van der Waals surface area contributed by atoms with E-state index in [0.29, 0.717) is 6.42 Å². The molecule has 0 radical (unpaired) electrons. The van der Waals surface area contributed by atoms with E-state index in [0.717, 1.165) is 32.6 Å². The van der Waals surface area contributed by atoms with Gasteiger partial charge in [-0.05, 0) is 48.0 Å². The fourth-order valence-corrected chi connectivity index (χ4v) is 4.10. The van der Waals surface area contributed by atoms with Gasteiger partial charge in [0.25, 0.3) is 0 Å². The zero-order chi connectivity index (χ0) is 19.3. The summed E-state index contributed by atoms with van der Waals surface area (Å²) in [7, 11) is 0. The molecule has 2 aliphatic heterocycles. The van der Waals surface area contributed by atoms with Crippen LogP contribution in [-0.4, -0.2) is 10.7 Å². The highest BCUT2D eigenvalue weighted by Crippen LogP contribution is 2.48. The molecule has 3 aromatic rings. The maximum atomic E-state index is 13.4. The van der Waals surface area contributed by atoms with Gasteiger partial charge in [-0.3, -0.25) is 0 Å². The van der Waals surface area contributed by atoms with Crippen molar-refractivity contribution in [3.63, 3.8) is 0 Å². The molecule has 3 aromatic carbocycles. The van der Waals surface area contributed by atoms with Crippen molar-refractivity contribution in [2.24, 2.45) is 5.10 Å². The highest BCUT2D eigenvalue weighted by molar-refractivity contribution is 9.10. The van der Waals surface area contributed by atoms with Gasteiger partial charge >= 0.3 is 0 Å². The predicted octanol–water partition coefficient (Wildman–Crippen LogP) is 5.97. The van der Waals surface area contributed by atoms with E-state index in [1.165, 1.54) is 24.3 Å². The zero-order valence-electron chi connectivity index (χ0n) is 14.6. The van der Waals surface area contributed by atoms with E-state index in [1.807, 2.05) is 23.2 Å². The maximum Gasteiger partial charge on any atom is 0.213 e. The first-order valence-electron chi connectivity index (χ1n) is 8.92. The first kappa shape index (κ1) is 17.4. The molecule has 5 rings (SSSR count). The molecule has 2 aliphatic rings. The molecule has 0 saturated heterocycles. The molecule has 0 aromatic heterocycles. The Labute approximate surface area is 169 Å². The molecular weight excluding hydrogens is 426 g/mol. The van der Waals surface area contributed by atoms with Gasteiger partial charge in [0.15, 0.2) is 0 Å². The lowest BCUT2D eigenvalue weighted by atomic mass is 9.96. The summed E-state index contributed by atoms with van der Waals surface area (Å²) in [5.74, 6) is 0.216. The lowest BCUT2D eigenvalue weighted by molar-refractivity contribution is -0.0191. The maximum absolute atomic E-state index is 13.4. The zero-order valence-corrected chi connectivity index (χ0v) is 16.2. The minimum absolute atomic E-state index is 0.0173. The second-order valence-corrected chi connectivity index (χ2v) is 7.77. The van der Waals surface area contributed by atoms with Crippen LogP contribution in [0.15, 0.2) is 76.3 Å². The molecule has 140 valence electrons. The van der Waals surface area contributed by atoms with E-state index < -0.39 is 6.23 Å². The van der Waals surface area contributed by atoms with Crippen LogP contribution in [0.2, 0.25) is 0 Å². The molecule has 0 spiro atoms. The van der Waals surface area contributed by atoms with E-state index >= 15 is 0 Å². The normalized spacial score (nSPS) is 20.2. The number of rotatable bonds is 2. The molecule has 2 atom stereocenters. The van der Waals surface area contributed by atoms with Gasteiger partial charge in [0, 0.05) is 22.0 Å². The Bertz CT molecular complexity index is 1070. The average Bonchev–Trinajstić information content (AvgIpc) is 3.14. The van der Waals surface area contributed by atoms with Gasteiger partial charge in [-0.15, -0.1) is 0 Å². The third kappa shape index (κ3) is 2.98. The van der Waals surface area contributed by atoms with E-state index in [4.69, 9.17) is 9.84 Å². The Balaban J connectivity index is 1.59. The number of hydrogen-bond acceptors (Lipinski definition) is 3. The second kappa shape index (κ2) is 6.71. The van der Waals surface area contributed by atoms with E-state index in [9.17, 15) is 8.78 Å². The Morgan fingerprint density at radius 1 is 0.929 bits per heavy atom. The summed E-state index contributed by atoms with van der Waals surface area (Å²) < 4.78 is 33.9. The van der Waals surface area contributed by atoms with Crippen molar-refractivity contribution in [2.45, 2.75) is 18.7 Å². The lowest BCUT2D eigenvalue weighted by Gasteiger charge is -2.38. The fraction of sp³-hybridized carbons (Fsp3) is 0.136. The van der Waals surface area contributed by atoms with Crippen LogP contribution in [0.5, 0.6) is 5.75 Å². The van der Waals surface area contributed by atoms with Crippen molar-refractivity contribution in [3.05, 3.63) is 99.5 Å². The van der Waals surface area contributed by atoms with E-state index in [-0.39, 0.29) is 17.7 Å². The molecule has 3 nitrogen and oxygen atoms in total. The molecule has 0 amide bonds. The smallest absolute Gasteiger partial charge is 0.213 e. The lowest BCUT2D eigenvalue weighted by Crippen LogP contribution is -2.33. The van der Waals surface area contributed by atoms with Crippen LogP contribution in [0.25, 0.3) is 0 Å². The summed E-state index contributed by atoms with van der Waals surface area (Å²) in [6, 6.07) is 18.5. The summed E-state index contributed by atoms with van der Waals surface area (Å²) in [6.07, 6.45) is 0.216. The van der Waals surface area contributed by atoms with Gasteiger partial charge in [0.2, 0.25) is 6.23 Å². The number of nitrogens with zero attached hydrogens (tertiary/aromatic N) is 2. The SMILES string of the molecule is Fc1ccc(C2=NN3[C@@H](C2)c2cc(Br)ccc2O[C@H]3c2ccc(F)cc2)cc1. The standard InChI is InChI=1S/C22H15BrF2N2O/c23-15-5-10-21-18(11-15)20-12-19(13-1-6-16(24)7-2-13)26-27(20)22(28-21)14-3-8-17(25)9-4-14/h1-11,20,22H,12H2/t20-,22-/m0/s1. The van der Waals surface area contributed by atoms with Crippen LogP contribution in [0.3, 0.4) is 0 Å². The molecule has 0 aliphatic carbocycles. The third-order valence-electron chi connectivity index (χ3n) is 5.08. The third-order valence-corrected chi connectivity index (χ3v) is 5.58. The highest BCUT2D eigenvalue weighted by atomic mass is 79.9. The van der Waals surface area contributed by atoms with Crippen molar-refractivity contribution in [1.82, 2.24) is 5.01 Å². The number of benzene rings is 3. The van der Waals surface area contributed by atoms with E-state index in [2.05, 4.69) is 15.9 Å². The van der Waals surface area contributed by atoms with Gasteiger partial charge in [0.05, 0.1) is 11.8 Å². The molecule has 0 fully saturated rings. The molecule has 0 saturated carbocycles. The quantitative estimate of drug-likeness (QED) is 0.490. The second-order valence-electron chi connectivity index (χ2n) is 6.86. The molecule has 2 heterocycles. The van der Waals surface area contributed by atoms with Crippen molar-refractivity contribution in [1.29, 1.82) is 0 Å². The van der Waals surface area contributed by atoms with Gasteiger partial charge in [-0.2, -0.15) is 5.10 Å². The van der Waals surface area contributed by atoms with Crippen LogP contribution in [0.1, 0.15) is 35.4 Å². The van der Waals surface area contributed by atoms with Crippen molar-refractivity contribution >= 4 is 21.6 Å². The first-order chi connectivity index (χ1) is 13.6. The van der Waals surface area contributed by atoms with Crippen LogP contribution in [0, 0.1) is 11.6 Å². The molecular formula is C22H15BrF2N2O.